The Balaban J connectivity index is 1.94. The minimum Gasteiger partial charge on any atom is -0.481 e. The molecule has 0 saturated heterocycles. The molecule has 1 aliphatic carbocycles. The number of amides is 2. The average molecular weight is 304 g/mol. The van der Waals surface area contributed by atoms with E-state index < -0.39 is 29.6 Å². The van der Waals surface area contributed by atoms with Crippen molar-refractivity contribution in [1.82, 2.24) is 10.9 Å². The first kappa shape index (κ1) is 16.0. The Morgan fingerprint density at radius 3 is 2.41 bits per heavy atom. The van der Waals surface area contributed by atoms with Gasteiger partial charge in [0.1, 0.15) is 0 Å². The third-order valence-corrected chi connectivity index (χ3v) is 4.00. The number of rotatable bonds is 3. The molecular formula is C16H20N2O4. The molecule has 0 heterocycles. The Hall–Kier alpha value is -2.37. The van der Waals surface area contributed by atoms with Gasteiger partial charge in [0, 0.05) is 5.56 Å². The molecule has 1 aromatic rings. The summed E-state index contributed by atoms with van der Waals surface area (Å²) in [5.74, 6) is -3.08. The maximum absolute atomic E-state index is 12.1. The fourth-order valence-corrected chi connectivity index (χ4v) is 2.81. The van der Waals surface area contributed by atoms with Gasteiger partial charge in [-0.25, -0.2) is 0 Å². The van der Waals surface area contributed by atoms with E-state index >= 15 is 0 Å². The minimum absolute atomic E-state index is 0.417. The largest absolute Gasteiger partial charge is 0.481 e. The van der Waals surface area contributed by atoms with Crippen LogP contribution in [0.4, 0.5) is 0 Å². The topological polar surface area (TPSA) is 95.5 Å². The van der Waals surface area contributed by atoms with Gasteiger partial charge in [0.05, 0.1) is 11.8 Å². The molecule has 22 heavy (non-hydrogen) atoms. The van der Waals surface area contributed by atoms with Gasteiger partial charge in [-0.1, -0.05) is 30.5 Å². The lowest BCUT2D eigenvalue weighted by Crippen LogP contribution is -2.47. The summed E-state index contributed by atoms with van der Waals surface area (Å²) >= 11 is 0. The highest BCUT2D eigenvalue weighted by Crippen LogP contribution is 2.30. The number of aliphatic carboxylic acids is 1. The molecular weight excluding hydrogens is 284 g/mol. The van der Waals surface area contributed by atoms with E-state index in [1.807, 2.05) is 13.0 Å². The molecule has 1 aromatic carbocycles. The summed E-state index contributed by atoms with van der Waals surface area (Å²) in [7, 11) is 0. The highest BCUT2D eigenvalue weighted by atomic mass is 16.4. The van der Waals surface area contributed by atoms with E-state index in [9.17, 15) is 19.5 Å². The highest BCUT2D eigenvalue weighted by Gasteiger charge is 2.35. The van der Waals surface area contributed by atoms with Crippen LogP contribution >= 0.6 is 0 Å². The smallest absolute Gasteiger partial charge is 0.307 e. The molecule has 2 rings (SSSR count). The fourth-order valence-electron chi connectivity index (χ4n) is 2.81. The molecule has 0 unspecified atom stereocenters. The van der Waals surface area contributed by atoms with E-state index in [-0.39, 0.29) is 0 Å². The van der Waals surface area contributed by atoms with Crippen LogP contribution in [-0.4, -0.2) is 22.9 Å². The van der Waals surface area contributed by atoms with Gasteiger partial charge in [0.2, 0.25) is 5.91 Å². The summed E-state index contributed by atoms with van der Waals surface area (Å²) in [6, 6.07) is 6.99. The number of carboxylic acid groups (broad SMARTS) is 1. The van der Waals surface area contributed by atoms with Gasteiger partial charge in [-0.05, 0) is 31.9 Å². The first-order chi connectivity index (χ1) is 10.5. The molecule has 0 aromatic heterocycles. The quantitative estimate of drug-likeness (QED) is 0.740. The monoisotopic (exact) mass is 304 g/mol. The van der Waals surface area contributed by atoms with E-state index in [4.69, 9.17) is 0 Å². The molecule has 118 valence electrons. The number of hydrazine groups is 1. The van der Waals surface area contributed by atoms with Crippen LogP contribution in [0.1, 0.15) is 41.6 Å². The first-order valence-electron chi connectivity index (χ1n) is 7.38. The molecule has 0 spiro atoms. The lowest BCUT2D eigenvalue weighted by molar-refractivity contribution is -0.149. The molecule has 0 bridgehead atoms. The number of benzene rings is 1. The van der Waals surface area contributed by atoms with Crippen LogP contribution in [-0.2, 0) is 9.59 Å². The number of carbonyl (C=O) groups is 3. The van der Waals surface area contributed by atoms with Crippen LogP contribution in [0.25, 0.3) is 0 Å². The van der Waals surface area contributed by atoms with Crippen molar-refractivity contribution in [2.24, 2.45) is 11.8 Å². The highest BCUT2D eigenvalue weighted by molar-refractivity contribution is 5.96. The second kappa shape index (κ2) is 7.06. The predicted molar refractivity (Wildman–Crippen MR) is 79.9 cm³/mol. The number of aryl methyl sites for hydroxylation is 1. The van der Waals surface area contributed by atoms with Crippen molar-refractivity contribution < 1.29 is 19.5 Å². The molecule has 2 atom stereocenters. The van der Waals surface area contributed by atoms with Crippen LogP contribution in [0.5, 0.6) is 0 Å². The van der Waals surface area contributed by atoms with Gasteiger partial charge >= 0.3 is 5.97 Å². The van der Waals surface area contributed by atoms with E-state index in [0.717, 1.165) is 18.4 Å². The number of hydrogen-bond acceptors (Lipinski definition) is 3. The predicted octanol–water partition coefficient (Wildman–Crippen LogP) is 1.65. The summed E-state index contributed by atoms with van der Waals surface area (Å²) in [6.07, 6.45) is 2.67. The van der Waals surface area contributed by atoms with Crippen molar-refractivity contribution in [2.75, 3.05) is 0 Å². The third kappa shape index (κ3) is 3.84. The number of hydrogen-bond donors (Lipinski definition) is 3. The van der Waals surface area contributed by atoms with Gasteiger partial charge in [-0.3, -0.25) is 25.2 Å². The molecule has 0 aliphatic heterocycles. The van der Waals surface area contributed by atoms with E-state index in [2.05, 4.69) is 10.9 Å². The van der Waals surface area contributed by atoms with Crippen molar-refractivity contribution >= 4 is 17.8 Å². The lowest BCUT2D eigenvalue weighted by Gasteiger charge is -2.27. The first-order valence-corrected chi connectivity index (χ1v) is 7.38. The Labute approximate surface area is 128 Å². The molecule has 6 nitrogen and oxygen atoms in total. The van der Waals surface area contributed by atoms with Gasteiger partial charge in [0.15, 0.2) is 0 Å². The van der Waals surface area contributed by atoms with Crippen molar-refractivity contribution in [3.63, 3.8) is 0 Å². The van der Waals surface area contributed by atoms with Gasteiger partial charge < -0.3 is 5.11 Å². The second-order valence-electron chi connectivity index (χ2n) is 5.65. The normalized spacial score (nSPS) is 21.0. The summed E-state index contributed by atoms with van der Waals surface area (Å²) in [5.41, 5.74) is 6.09. The molecule has 1 fully saturated rings. The Kier molecular flexibility index (Phi) is 5.14. The van der Waals surface area contributed by atoms with Gasteiger partial charge in [0.25, 0.3) is 5.91 Å². The zero-order chi connectivity index (χ0) is 16.1. The van der Waals surface area contributed by atoms with Crippen molar-refractivity contribution in [2.45, 2.75) is 32.6 Å². The van der Waals surface area contributed by atoms with E-state index in [1.54, 1.807) is 18.2 Å². The Morgan fingerprint density at radius 2 is 1.77 bits per heavy atom. The molecule has 6 heteroatoms. The van der Waals surface area contributed by atoms with Crippen LogP contribution in [0.2, 0.25) is 0 Å². The Bertz CT molecular complexity index is 585. The average Bonchev–Trinajstić information content (AvgIpc) is 2.52. The maximum atomic E-state index is 12.1. The standard InChI is InChI=1S/C16H20N2O4/c1-10-5-4-6-11(9-10)14(19)17-18-15(20)12-7-2-3-8-13(12)16(21)22/h4-6,9,12-13H,2-3,7-8H2,1H3,(H,17,19)(H,18,20)(H,21,22)/t12-,13+/m0/s1. The van der Waals surface area contributed by atoms with Gasteiger partial charge in [-0.15, -0.1) is 0 Å². The van der Waals surface area contributed by atoms with Crippen molar-refractivity contribution in [3.8, 4) is 0 Å². The van der Waals surface area contributed by atoms with Crippen molar-refractivity contribution in [1.29, 1.82) is 0 Å². The van der Waals surface area contributed by atoms with Crippen LogP contribution in [0, 0.1) is 18.8 Å². The molecule has 1 aliphatic rings. The minimum atomic E-state index is -0.954. The number of carboxylic acids is 1. The fraction of sp³-hybridized carbons (Fsp3) is 0.438. The molecule has 3 N–H and O–H groups in total. The van der Waals surface area contributed by atoms with Gasteiger partial charge in [-0.2, -0.15) is 0 Å². The molecule has 2 amide bonds. The molecule has 1 saturated carbocycles. The lowest BCUT2D eigenvalue weighted by atomic mass is 9.79. The molecule has 0 radical (unpaired) electrons. The van der Waals surface area contributed by atoms with Crippen LogP contribution in [0.15, 0.2) is 24.3 Å². The summed E-state index contributed by atoms with van der Waals surface area (Å²) in [5, 5.41) is 9.18. The summed E-state index contributed by atoms with van der Waals surface area (Å²) in [6.45, 7) is 1.87. The summed E-state index contributed by atoms with van der Waals surface area (Å²) in [4.78, 5) is 35.3. The number of carbonyl (C=O) groups excluding carboxylic acids is 2. The Morgan fingerprint density at radius 1 is 1.09 bits per heavy atom. The SMILES string of the molecule is Cc1cccc(C(=O)NNC(=O)[C@H]2CCCC[C@H]2C(=O)O)c1. The van der Waals surface area contributed by atoms with Crippen molar-refractivity contribution in [3.05, 3.63) is 35.4 Å². The second-order valence-corrected chi connectivity index (χ2v) is 5.65. The van der Waals surface area contributed by atoms with Crippen LogP contribution in [0.3, 0.4) is 0 Å². The van der Waals surface area contributed by atoms with E-state index in [0.29, 0.717) is 18.4 Å². The zero-order valence-electron chi connectivity index (χ0n) is 12.5. The maximum Gasteiger partial charge on any atom is 0.307 e. The third-order valence-electron chi connectivity index (χ3n) is 4.00. The zero-order valence-corrected chi connectivity index (χ0v) is 12.5. The number of nitrogens with one attached hydrogen (secondary N) is 2. The summed E-state index contributed by atoms with van der Waals surface area (Å²) < 4.78 is 0. The van der Waals surface area contributed by atoms with E-state index in [1.165, 1.54) is 0 Å². The van der Waals surface area contributed by atoms with Crippen LogP contribution < -0.4 is 10.9 Å².